The van der Waals surface area contributed by atoms with Crippen molar-refractivity contribution in [2.24, 2.45) is 0 Å². The third-order valence-corrected chi connectivity index (χ3v) is 3.02. The van der Waals surface area contributed by atoms with E-state index in [0.29, 0.717) is 5.89 Å². The Morgan fingerprint density at radius 3 is 3.06 bits per heavy atom. The Balaban J connectivity index is 2.07. The van der Waals surface area contributed by atoms with E-state index in [0.717, 1.165) is 16.8 Å². The van der Waals surface area contributed by atoms with Crippen molar-refractivity contribution < 1.29 is 4.42 Å². The Morgan fingerprint density at radius 2 is 2.22 bits per heavy atom. The molecule has 0 saturated heterocycles. The number of rotatable bonds is 3. The summed E-state index contributed by atoms with van der Waals surface area (Å²) in [7, 11) is 1.88. The van der Waals surface area contributed by atoms with Gasteiger partial charge < -0.3 is 9.73 Å². The second-order valence-electron chi connectivity index (χ2n) is 4.16. The molecule has 0 aliphatic carbocycles. The minimum absolute atomic E-state index is 0.0978. The lowest BCUT2D eigenvalue weighted by Crippen LogP contribution is -2.12. The molecule has 18 heavy (non-hydrogen) atoms. The van der Waals surface area contributed by atoms with Crippen molar-refractivity contribution in [2.75, 3.05) is 7.05 Å². The average molecular weight is 242 g/mol. The summed E-state index contributed by atoms with van der Waals surface area (Å²) in [5, 5.41) is 7.38. The lowest BCUT2D eigenvalue weighted by molar-refractivity contribution is 0.441. The SMILES string of the molecule is CNC(C)c1ncc(-c2cnn3ccccc23)o1. The molecule has 0 aromatic carbocycles. The molecule has 3 aromatic rings. The van der Waals surface area contributed by atoms with E-state index >= 15 is 0 Å². The smallest absolute Gasteiger partial charge is 0.211 e. The van der Waals surface area contributed by atoms with Crippen LogP contribution >= 0.6 is 0 Å². The van der Waals surface area contributed by atoms with Gasteiger partial charge in [0.2, 0.25) is 5.89 Å². The quantitative estimate of drug-likeness (QED) is 0.765. The topological polar surface area (TPSA) is 55.4 Å². The second kappa shape index (κ2) is 4.27. The van der Waals surface area contributed by atoms with Crippen LogP contribution in [-0.2, 0) is 0 Å². The fourth-order valence-corrected chi connectivity index (χ4v) is 1.86. The van der Waals surface area contributed by atoms with Crippen molar-refractivity contribution in [3.8, 4) is 11.3 Å². The van der Waals surface area contributed by atoms with Gasteiger partial charge in [-0.1, -0.05) is 6.07 Å². The van der Waals surface area contributed by atoms with Gasteiger partial charge in [0.15, 0.2) is 5.76 Å². The molecule has 5 heteroatoms. The standard InChI is InChI=1S/C13H14N4O/c1-9(14-2)13-15-8-12(18-13)10-7-16-17-6-4-3-5-11(10)17/h3-9,14H,1-2H3. The zero-order chi connectivity index (χ0) is 12.5. The molecule has 0 amide bonds. The maximum Gasteiger partial charge on any atom is 0.211 e. The molecule has 3 aromatic heterocycles. The molecule has 1 atom stereocenters. The zero-order valence-corrected chi connectivity index (χ0v) is 10.3. The maximum atomic E-state index is 5.76. The number of nitrogens with zero attached hydrogens (tertiary/aromatic N) is 3. The van der Waals surface area contributed by atoms with E-state index in [-0.39, 0.29) is 6.04 Å². The zero-order valence-electron chi connectivity index (χ0n) is 10.3. The summed E-state index contributed by atoms with van der Waals surface area (Å²) in [5.74, 6) is 1.43. The van der Waals surface area contributed by atoms with E-state index < -0.39 is 0 Å². The number of hydrogen-bond donors (Lipinski definition) is 1. The molecule has 0 spiro atoms. The van der Waals surface area contributed by atoms with Gasteiger partial charge in [0.05, 0.1) is 29.5 Å². The summed E-state index contributed by atoms with van der Waals surface area (Å²) in [6.45, 7) is 2.01. The monoisotopic (exact) mass is 242 g/mol. The lowest BCUT2D eigenvalue weighted by atomic mass is 10.2. The van der Waals surface area contributed by atoms with E-state index in [1.165, 1.54) is 0 Å². The number of fused-ring (bicyclic) bond motifs is 1. The van der Waals surface area contributed by atoms with Gasteiger partial charge in [0, 0.05) is 6.20 Å². The van der Waals surface area contributed by atoms with Crippen LogP contribution in [-0.4, -0.2) is 21.6 Å². The van der Waals surface area contributed by atoms with Gasteiger partial charge in [-0.2, -0.15) is 5.10 Å². The van der Waals surface area contributed by atoms with E-state index in [1.54, 1.807) is 12.4 Å². The van der Waals surface area contributed by atoms with E-state index in [1.807, 2.05) is 42.9 Å². The van der Waals surface area contributed by atoms with Crippen LogP contribution in [0.5, 0.6) is 0 Å². The van der Waals surface area contributed by atoms with Crippen molar-refractivity contribution in [2.45, 2.75) is 13.0 Å². The van der Waals surface area contributed by atoms with Gasteiger partial charge in [-0.05, 0) is 26.1 Å². The molecular weight excluding hydrogens is 228 g/mol. The lowest BCUT2D eigenvalue weighted by Gasteiger charge is -2.03. The van der Waals surface area contributed by atoms with Gasteiger partial charge in [-0.15, -0.1) is 0 Å². The number of oxazole rings is 1. The predicted octanol–water partition coefficient (Wildman–Crippen LogP) is 2.27. The van der Waals surface area contributed by atoms with Crippen molar-refractivity contribution in [3.63, 3.8) is 0 Å². The fraction of sp³-hybridized carbons (Fsp3) is 0.231. The van der Waals surface area contributed by atoms with E-state index in [2.05, 4.69) is 15.4 Å². The van der Waals surface area contributed by atoms with Crippen LogP contribution in [0.2, 0.25) is 0 Å². The molecule has 92 valence electrons. The number of aromatic nitrogens is 3. The minimum Gasteiger partial charge on any atom is -0.439 e. The number of hydrogen-bond acceptors (Lipinski definition) is 4. The third-order valence-electron chi connectivity index (χ3n) is 3.02. The first kappa shape index (κ1) is 11.0. The molecular formula is C13H14N4O. The van der Waals surface area contributed by atoms with Gasteiger partial charge in [0.25, 0.3) is 0 Å². The molecule has 0 bridgehead atoms. The summed E-state index contributed by atoms with van der Waals surface area (Å²) < 4.78 is 7.58. The van der Waals surface area contributed by atoms with Crippen LogP contribution in [0.15, 0.2) is 41.2 Å². The van der Waals surface area contributed by atoms with Crippen LogP contribution in [0.3, 0.4) is 0 Å². The molecule has 0 aliphatic heterocycles. The molecule has 5 nitrogen and oxygen atoms in total. The van der Waals surface area contributed by atoms with Crippen LogP contribution in [0, 0.1) is 0 Å². The van der Waals surface area contributed by atoms with Crippen molar-refractivity contribution >= 4 is 5.52 Å². The number of nitrogens with one attached hydrogen (secondary N) is 1. The summed E-state index contributed by atoms with van der Waals surface area (Å²) in [5.41, 5.74) is 1.97. The largest absolute Gasteiger partial charge is 0.439 e. The highest BCUT2D eigenvalue weighted by Gasteiger charge is 2.14. The maximum absolute atomic E-state index is 5.76. The Labute approximate surface area is 104 Å². The van der Waals surface area contributed by atoms with Crippen LogP contribution < -0.4 is 5.32 Å². The minimum atomic E-state index is 0.0978. The molecule has 0 radical (unpaired) electrons. The number of pyridine rings is 1. The van der Waals surface area contributed by atoms with Crippen LogP contribution in [0.1, 0.15) is 18.9 Å². The highest BCUT2D eigenvalue weighted by molar-refractivity contribution is 5.76. The summed E-state index contributed by atoms with van der Waals surface area (Å²) in [6, 6.07) is 6.03. The first-order valence-corrected chi connectivity index (χ1v) is 5.85. The molecule has 0 saturated carbocycles. The van der Waals surface area contributed by atoms with Gasteiger partial charge in [-0.3, -0.25) is 0 Å². The summed E-state index contributed by atoms with van der Waals surface area (Å²) >= 11 is 0. The third kappa shape index (κ3) is 1.69. The summed E-state index contributed by atoms with van der Waals surface area (Å²) in [4.78, 5) is 4.28. The van der Waals surface area contributed by atoms with Gasteiger partial charge >= 0.3 is 0 Å². The highest BCUT2D eigenvalue weighted by atomic mass is 16.4. The highest BCUT2D eigenvalue weighted by Crippen LogP contribution is 2.26. The van der Waals surface area contributed by atoms with Crippen molar-refractivity contribution in [3.05, 3.63) is 42.7 Å². The molecule has 1 N–H and O–H groups in total. The molecule has 3 heterocycles. The molecule has 0 aliphatic rings. The van der Waals surface area contributed by atoms with Gasteiger partial charge in [0.1, 0.15) is 0 Å². The van der Waals surface area contributed by atoms with Crippen LogP contribution in [0.4, 0.5) is 0 Å². The average Bonchev–Trinajstić information content (AvgIpc) is 3.03. The molecule has 1 unspecified atom stereocenters. The fourth-order valence-electron chi connectivity index (χ4n) is 1.86. The Bertz CT molecular complexity index is 670. The van der Waals surface area contributed by atoms with Crippen LogP contribution in [0.25, 0.3) is 16.8 Å². The van der Waals surface area contributed by atoms with Crippen molar-refractivity contribution in [1.29, 1.82) is 0 Å². The van der Waals surface area contributed by atoms with Crippen molar-refractivity contribution in [1.82, 2.24) is 19.9 Å². The van der Waals surface area contributed by atoms with E-state index in [4.69, 9.17) is 4.42 Å². The molecule has 3 rings (SSSR count). The Hall–Kier alpha value is -2.14. The second-order valence-corrected chi connectivity index (χ2v) is 4.16. The predicted molar refractivity (Wildman–Crippen MR) is 68.2 cm³/mol. The van der Waals surface area contributed by atoms with Gasteiger partial charge in [-0.25, -0.2) is 9.50 Å². The van der Waals surface area contributed by atoms with E-state index in [9.17, 15) is 0 Å². The first-order chi connectivity index (χ1) is 8.79. The molecule has 0 fully saturated rings. The Kier molecular flexibility index (Phi) is 2.60. The first-order valence-electron chi connectivity index (χ1n) is 5.85. The summed E-state index contributed by atoms with van der Waals surface area (Å²) in [6.07, 6.45) is 5.45. The normalized spacial score (nSPS) is 13.0. The Morgan fingerprint density at radius 1 is 1.33 bits per heavy atom.